The Morgan fingerprint density at radius 3 is 2.40 bits per heavy atom. The summed E-state index contributed by atoms with van der Waals surface area (Å²) >= 11 is 0. The van der Waals surface area contributed by atoms with Gasteiger partial charge in [0.05, 0.1) is 0 Å². The molecular formula is C8H9BO. The quantitative estimate of drug-likeness (QED) is 0.546. The number of benzene rings is 1. The molecule has 1 nitrogen and oxygen atoms in total. The van der Waals surface area contributed by atoms with Crippen LogP contribution in [0.15, 0.2) is 24.3 Å². The van der Waals surface area contributed by atoms with Gasteiger partial charge in [-0.25, -0.2) is 0 Å². The van der Waals surface area contributed by atoms with Gasteiger partial charge in [0.25, 0.3) is 0 Å². The Morgan fingerprint density at radius 1 is 1.30 bits per heavy atom. The van der Waals surface area contributed by atoms with Crippen LogP contribution in [0, 0.1) is 6.92 Å². The number of hydrogen-bond donors (Lipinski definition) is 0. The van der Waals surface area contributed by atoms with E-state index in [9.17, 15) is 0 Å². The molecule has 0 saturated carbocycles. The fourth-order valence-corrected chi connectivity index (χ4v) is 0.713. The molecule has 0 aromatic heterocycles. The van der Waals surface area contributed by atoms with Gasteiger partial charge in [-0.2, -0.15) is 0 Å². The van der Waals surface area contributed by atoms with Gasteiger partial charge < -0.3 is 0 Å². The third-order valence-electron chi connectivity index (χ3n) is 1.24. The predicted molar refractivity (Wildman–Crippen MR) is 45.0 cm³/mol. The summed E-state index contributed by atoms with van der Waals surface area (Å²) in [6, 6.07) is 7.83. The standard InChI is InChI=1S/C8H9BO/c1-7-2-4-8(5-3-7)10-6-9/h2-6,9H,1H3. The maximum absolute atomic E-state index is 5.02. The predicted octanol–water partition coefficient (Wildman–Crippen LogP) is 1.03. The molecule has 0 spiro atoms. The Kier molecular flexibility index (Phi) is 2.27. The van der Waals surface area contributed by atoms with Crippen molar-refractivity contribution in [1.82, 2.24) is 0 Å². The maximum atomic E-state index is 5.02. The molecule has 0 aliphatic heterocycles. The summed E-state index contributed by atoms with van der Waals surface area (Å²) in [6.07, 6.45) is 1.42. The number of aryl methyl sites for hydroxylation is 1. The number of rotatable bonds is 2. The van der Waals surface area contributed by atoms with Crippen LogP contribution in [0.25, 0.3) is 0 Å². The van der Waals surface area contributed by atoms with Gasteiger partial charge in [-0.05, 0) is 0 Å². The van der Waals surface area contributed by atoms with E-state index in [4.69, 9.17) is 4.74 Å². The van der Waals surface area contributed by atoms with Crippen molar-refractivity contribution in [3.8, 4) is 5.75 Å². The first-order valence-electron chi connectivity index (χ1n) is 3.17. The van der Waals surface area contributed by atoms with Crippen molar-refractivity contribution in [2.75, 3.05) is 0 Å². The van der Waals surface area contributed by atoms with Gasteiger partial charge in [-0.1, -0.05) is 0 Å². The summed E-state index contributed by atoms with van der Waals surface area (Å²) in [6.45, 7) is 2.04. The third kappa shape index (κ3) is 1.73. The average Bonchev–Trinajstić information content (AvgIpc) is 1.95. The summed E-state index contributed by atoms with van der Waals surface area (Å²) in [5, 5.41) is 0. The molecule has 0 aliphatic carbocycles. The molecule has 0 saturated heterocycles. The van der Waals surface area contributed by atoms with E-state index in [1.807, 2.05) is 31.2 Å². The second kappa shape index (κ2) is 3.21. The topological polar surface area (TPSA) is 9.23 Å². The summed E-state index contributed by atoms with van der Waals surface area (Å²) in [4.78, 5) is 0. The van der Waals surface area contributed by atoms with Gasteiger partial charge in [0.2, 0.25) is 0 Å². The summed E-state index contributed by atoms with van der Waals surface area (Å²) in [7, 11) is 3.46. The van der Waals surface area contributed by atoms with E-state index >= 15 is 0 Å². The van der Waals surface area contributed by atoms with Crippen molar-refractivity contribution in [1.29, 1.82) is 0 Å². The van der Waals surface area contributed by atoms with Crippen LogP contribution in [0.5, 0.6) is 5.75 Å². The zero-order chi connectivity index (χ0) is 7.40. The number of ether oxygens (including phenoxy) is 1. The molecule has 1 rings (SSSR count). The van der Waals surface area contributed by atoms with Crippen LogP contribution in [0.3, 0.4) is 0 Å². The fraction of sp³-hybridized carbons (Fsp3) is 0.125. The summed E-state index contributed by atoms with van der Waals surface area (Å²) in [5.41, 5.74) is 1.23. The van der Waals surface area contributed by atoms with Crippen LogP contribution in [0.2, 0.25) is 0 Å². The molecule has 0 fully saturated rings. The van der Waals surface area contributed by atoms with Gasteiger partial charge in [-0.15, -0.1) is 0 Å². The molecular weight excluding hydrogens is 123 g/mol. The molecule has 50 valence electrons. The van der Waals surface area contributed by atoms with E-state index in [0.29, 0.717) is 0 Å². The van der Waals surface area contributed by atoms with Crippen molar-refractivity contribution in [3.63, 3.8) is 0 Å². The van der Waals surface area contributed by atoms with Crippen molar-refractivity contribution < 1.29 is 4.74 Å². The minimum atomic E-state index is 0.834. The molecule has 2 heteroatoms. The Labute approximate surface area is 61.7 Å². The Morgan fingerprint density at radius 2 is 1.90 bits per heavy atom. The van der Waals surface area contributed by atoms with Gasteiger partial charge in [-0.3, -0.25) is 0 Å². The zero-order valence-corrected chi connectivity index (χ0v) is 6.00. The van der Waals surface area contributed by atoms with Crippen molar-refractivity contribution in [3.05, 3.63) is 29.8 Å². The molecule has 0 amide bonds. The van der Waals surface area contributed by atoms with E-state index in [0.717, 1.165) is 5.75 Å². The monoisotopic (exact) mass is 132 g/mol. The van der Waals surface area contributed by atoms with Crippen molar-refractivity contribution >= 4 is 13.6 Å². The molecule has 0 unspecified atom stereocenters. The molecule has 1 aromatic rings. The summed E-state index contributed by atoms with van der Waals surface area (Å²) in [5.74, 6) is 0.834. The van der Waals surface area contributed by atoms with Crippen molar-refractivity contribution in [2.24, 2.45) is 0 Å². The third-order valence-corrected chi connectivity index (χ3v) is 1.24. The second-order valence-corrected chi connectivity index (χ2v) is 2.10. The molecule has 10 heavy (non-hydrogen) atoms. The average molecular weight is 132 g/mol. The van der Waals surface area contributed by atoms with E-state index in [-0.39, 0.29) is 0 Å². The van der Waals surface area contributed by atoms with E-state index in [2.05, 4.69) is 7.49 Å². The Bertz CT molecular complexity index is 215. The first kappa shape index (κ1) is 7.07. The first-order valence-corrected chi connectivity index (χ1v) is 3.17. The zero-order valence-electron chi connectivity index (χ0n) is 6.00. The molecule has 0 radical (unpaired) electrons. The fourth-order valence-electron chi connectivity index (χ4n) is 0.713. The SMILES string of the molecule is B=COc1ccc(C)cc1. The molecule has 0 N–H and O–H groups in total. The van der Waals surface area contributed by atoms with Gasteiger partial charge in [0.15, 0.2) is 0 Å². The van der Waals surface area contributed by atoms with Gasteiger partial charge in [0, 0.05) is 0 Å². The van der Waals surface area contributed by atoms with Crippen LogP contribution in [-0.4, -0.2) is 13.6 Å². The number of hydrogen-bond acceptors (Lipinski definition) is 1. The molecule has 0 bridgehead atoms. The van der Waals surface area contributed by atoms with E-state index in [1.54, 1.807) is 0 Å². The minimum absolute atomic E-state index is 0.834. The van der Waals surface area contributed by atoms with Crippen LogP contribution >= 0.6 is 0 Å². The van der Waals surface area contributed by atoms with Crippen LogP contribution in [0.1, 0.15) is 5.56 Å². The molecule has 0 heterocycles. The van der Waals surface area contributed by atoms with Crippen LogP contribution < -0.4 is 4.74 Å². The van der Waals surface area contributed by atoms with E-state index in [1.165, 1.54) is 11.7 Å². The van der Waals surface area contributed by atoms with Gasteiger partial charge in [0.1, 0.15) is 0 Å². The molecule has 0 aliphatic rings. The van der Waals surface area contributed by atoms with Crippen LogP contribution in [-0.2, 0) is 0 Å². The Balaban J connectivity index is 2.78. The van der Waals surface area contributed by atoms with Crippen LogP contribution in [0.4, 0.5) is 0 Å². The van der Waals surface area contributed by atoms with Crippen molar-refractivity contribution in [2.45, 2.75) is 6.92 Å². The second-order valence-electron chi connectivity index (χ2n) is 2.10. The Hall–Kier alpha value is -1.05. The first-order chi connectivity index (χ1) is 4.83. The van der Waals surface area contributed by atoms with Gasteiger partial charge >= 0.3 is 60.9 Å². The molecule has 0 atom stereocenters. The summed E-state index contributed by atoms with van der Waals surface area (Å²) < 4.78 is 5.02. The molecule has 1 aromatic carbocycles. The van der Waals surface area contributed by atoms with E-state index < -0.39 is 0 Å². The normalized spacial score (nSPS) is 8.80.